The van der Waals surface area contributed by atoms with E-state index in [-0.39, 0.29) is 5.78 Å². The minimum atomic E-state index is 0.173. The van der Waals surface area contributed by atoms with Gasteiger partial charge in [-0.15, -0.1) is 0 Å². The highest BCUT2D eigenvalue weighted by molar-refractivity contribution is 6.30. The monoisotopic (exact) mass is 198 g/mol. The Morgan fingerprint density at radius 3 is 2.15 bits per heavy atom. The summed E-state index contributed by atoms with van der Waals surface area (Å²) in [5.74, 6) is 0.173. The normalized spacial score (nSPS) is 8.46. The molecule has 0 saturated heterocycles. The minimum absolute atomic E-state index is 0.173. The molecule has 1 aromatic carbocycles. The molecule has 1 rings (SSSR count). The molecule has 3 heteroatoms. The first-order chi connectivity index (χ1) is 6.18. The summed E-state index contributed by atoms with van der Waals surface area (Å²) < 4.78 is 0. The molecule has 0 aromatic heterocycles. The number of hydrogen-bond donors (Lipinski definition) is 0. The van der Waals surface area contributed by atoms with Crippen molar-refractivity contribution in [3.63, 3.8) is 0 Å². The molecule has 0 spiro atoms. The van der Waals surface area contributed by atoms with Crippen LogP contribution >= 0.6 is 11.6 Å². The molecule has 0 amide bonds. The molecule has 2 nitrogen and oxygen atoms in total. The van der Waals surface area contributed by atoms with Crippen LogP contribution in [0.3, 0.4) is 0 Å². The Balaban J connectivity index is 0.000000671. The summed E-state index contributed by atoms with van der Waals surface area (Å²) in [6, 6.07) is 7.31. The van der Waals surface area contributed by atoms with Crippen molar-refractivity contribution in [1.29, 1.82) is 0 Å². The van der Waals surface area contributed by atoms with Gasteiger partial charge < -0.3 is 4.79 Å². The van der Waals surface area contributed by atoms with E-state index in [1.54, 1.807) is 19.1 Å². The predicted octanol–water partition coefficient (Wildman–Crippen LogP) is 2.29. The first kappa shape index (κ1) is 11.8. The van der Waals surface area contributed by atoms with Crippen molar-refractivity contribution >= 4 is 24.2 Å². The van der Waals surface area contributed by atoms with Gasteiger partial charge >= 0.3 is 0 Å². The van der Waals surface area contributed by atoms with Crippen LogP contribution in [0.1, 0.15) is 12.5 Å². The first-order valence-electron chi connectivity index (χ1n) is 3.71. The van der Waals surface area contributed by atoms with Crippen molar-refractivity contribution in [2.24, 2.45) is 0 Å². The average molecular weight is 199 g/mol. The summed E-state index contributed by atoms with van der Waals surface area (Å²) in [5, 5.41) is 0.706. The van der Waals surface area contributed by atoms with E-state index in [0.717, 1.165) is 5.56 Å². The zero-order valence-corrected chi connectivity index (χ0v) is 8.17. The Bertz CT molecular complexity index is 267. The maximum absolute atomic E-state index is 10.7. The molecule has 0 atom stereocenters. The number of benzene rings is 1. The van der Waals surface area contributed by atoms with Crippen molar-refractivity contribution < 1.29 is 9.59 Å². The van der Waals surface area contributed by atoms with Crippen LogP contribution in [-0.4, -0.2) is 12.6 Å². The summed E-state index contributed by atoms with van der Waals surface area (Å²) in [4.78, 5) is 18.7. The number of Topliss-reactive ketones (excluding diaryl/α,β-unsaturated/α-hetero) is 1. The van der Waals surface area contributed by atoms with Crippen LogP contribution < -0.4 is 0 Å². The standard InChI is InChI=1S/C9H9ClO.CH2O/c1-7(11)6-8-2-4-9(10)5-3-8;1-2/h2-5H,6H2,1H3;1H2. The highest BCUT2D eigenvalue weighted by Crippen LogP contribution is 2.09. The molecule has 0 saturated carbocycles. The van der Waals surface area contributed by atoms with Gasteiger partial charge in [0, 0.05) is 11.4 Å². The fraction of sp³-hybridized carbons (Fsp3) is 0.200. The quantitative estimate of drug-likeness (QED) is 0.731. The summed E-state index contributed by atoms with van der Waals surface area (Å²) in [7, 11) is 0. The van der Waals surface area contributed by atoms with Gasteiger partial charge in [-0.1, -0.05) is 23.7 Å². The molecule has 0 aliphatic carbocycles. The molecular weight excluding hydrogens is 188 g/mol. The molecule has 0 aliphatic heterocycles. The molecular formula is C10H11ClO2. The molecule has 0 aliphatic rings. The lowest BCUT2D eigenvalue weighted by atomic mass is 10.1. The SMILES string of the molecule is C=O.CC(=O)Cc1ccc(Cl)cc1. The van der Waals surface area contributed by atoms with E-state index in [2.05, 4.69) is 0 Å². The van der Waals surface area contributed by atoms with Gasteiger partial charge in [-0.2, -0.15) is 0 Å². The van der Waals surface area contributed by atoms with Crippen LogP contribution in [0.15, 0.2) is 24.3 Å². The van der Waals surface area contributed by atoms with Crippen LogP contribution in [-0.2, 0) is 16.0 Å². The van der Waals surface area contributed by atoms with Gasteiger partial charge in [-0.25, -0.2) is 0 Å². The van der Waals surface area contributed by atoms with Crippen LogP contribution in [0.25, 0.3) is 0 Å². The Kier molecular flexibility index (Phi) is 5.81. The number of rotatable bonds is 2. The Labute approximate surface area is 82.5 Å². The van der Waals surface area contributed by atoms with Gasteiger partial charge in [-0.3, -0.25) is 4.79 Å². The molecule has 1 aromatic rings. The minimum Gasteiger partial charge on any atom is -0.307 e. The van der Waals surface area contributed by atoms with Crippen molar-refractivity contribution in [3.8, 4) is 0 Å². The van der Waals surface area contributed by atoms with Crippen LogP contribution in [0.4, 0.5) is 0 Å². The van der Waals surface area contributed by atoms with E-state index < -0.39 is 0 Å². The van der Waals surface area contributed by atoms with E-state index >= 15 is 0 Å². The number of halogens is 1. The Morgan fingerprint density at radius 1 is 1.31 bits per heavy atom. The summed E-state index contributed by atoms with van der Waals surface area (Å²) in [6.07, 6.45) is 0.497. The molecule has 0 radical (unpaired) electrons. The fourth-order valence-corrected chi connectivity index (χ4v) is 1.02. The van der Waals surface area contributed by atoms with Gasteiger partial charge in [0.25, 0.3) is 0 Å². The smallest absolute Gasteiger partial charge is 0.134 e. The highest BCUT2D eigenvalue weighted by Gasteiger charge is 1.95. The Morgan fingerprint density at radius 2 is 1.77 bits per heavy atom. The lowest BCUT2D eigenvalue weighted by Crippen LogP contribution is -1.94. The van der Waals surface area contributed by atoms with Crippen molar-refractivity contribution in [1.82, 2.24) is 0 Å². The van der Waals surface area contributed by atoms with Gasteiger partial charge in [0.15, 0.2) is 0 Å². The van der Waals surface area contributed by atoms with Gasteiger partial charge in [0.05, 0.1) is 0 Å². The number of carbonyl (C=O) groups excluding carboxylic acids is 2. The van der Waals surface area contributed by atoms with Crippen LogP contribution in [0.2, 0.25) is 5.02 Å². The lowest BCUT2D eigenvalue weighted by molar-refractivity contribution is -0.116. The second-order valence-corrected chi connectivity index (χ2v) is 2.94. The molecule has 0 heterocycles. The lowest BCUT2D eigenvalue weighted by Gasteiger charge is -1.95. The van der Waals surface area contributed by atoms with Crippen molar-refractivity contribution in [2.75, 3.05) is 0 Å². The molecule has 70 valence electrons. The Hall–Kier alpha value is -1.15. The molecule has 0 bridgehead atoms. The molecule has 0 fully saturated rings. The second kappa shape index (κ2) is 6.38. The van der Waals surface area contributed by atoms with Crippen molar-refractivity contribution in [2.45, 2.75) is 13.3 Å². The molecule has 13 heavy (non-hydrogen) atoms. The molecule has 0 unspecified atom stereocenters. The maximum atomic E-state index is 10.7. The molecule has 0 N–H and O–H groups in total. The number of carbonyl (C=O) groups is 2. The summed E-state index contributed by atoms with van der Waals surface area (Å²) >= 11 is 5.66. The van der Waals surface area contributed by atoms with E-state index in [9.17, 15) is 4.79 Å². The van der Waals surface area contributed by atoms with E-state index in [4.69, 9.17) is 16.4 Å². The maximum Gasteiger partial charge on any atom is 0.134 e. The second-order valence-electron chi connectivity index (χ2n) is 2.51. The first-order valence-corrected chi connectivity index (χ1v) is 4.09. The summed E-state index contributed by atoms with van der Waals surface area (Å²) in [6.45, 7) is 3.58. The number of ketones is 1. The van der Waals surface area contributed by atoms with E-state index in [1.165, 1.54) is 0 Å². The predicted molar refractivity (Wildman–Crippen MR) is 53.0 cm³/mol. The third-order valence-corrected chi connectivity index (χ3v) is 1.62. The van der Waals surface area contributed by atoms with Gasteiger partial charge in [-0.05, 0) is 24.6 Å². The van der Waals surface area contributed by atoms with Gasteiger partial charge in [0.2, 0.25) is 0 Å². The topological polar surface area (TPSA) is 34.1 Å². The van der Waals surface area contributed by atoms with Crippen LogP contribution in [0.5, 0.6) is 0 Å². The number of hydrogen-bond acceptors (Lipinski definition) is 2. The largest absolute Gasteiger partial charge is 0.307 e. The van der Waals surface area contributed by atoms with Crippen molar-refractivity contribution in [3.05, 3.63) is 34.9 Å². The van der Waals surface area contributed by atoms with E-state index in [1.807, 2.05) is 18.9 Å². The third-order valence-electron chi connectivity index (χ3n) is 1.37. The third kappa shape index (κ3) is 5.15. The van der Waals surface area contributed by atoms with Crippen LogP contribution in [0, 0.1) is 0 Å². The average Bonchev–Trinajstić information content (AvgIpc) is 2.12. The zero-order valence-electron chi connectivity index (χ0n) is 7.42. The fourth-order valence-electron chi connectivity index (χ4n) is 0.890. The summed E-state index contributed by atoms with van der Waals surface area (Å²) in [5.41, 5.74) is 1.02. The zero-order chi connectivity index (χ0) is 10.3. The van der Waals surface area contributed by atoms with Gasteiger partial charge in [0.1, 0.15) is 12.6 Å². The van der Waals surface area contributed by atoms with E-state index in [0.29, 0.717) is 11.4 Å². The highest BCUT2D eigenvalue weighted by atomic mass is 35.5.